The summed E-state index contributed by atoms with van der Waals surface area (Å²) in [5.74, 6) is 0.521. The minimum absolute atomic E-state index is 0. The highest BCUT2D eigenvalue weighted by Crippen LogP contribution is 2.09. The minimum atomic E-state index is -0.248. The maximum absolute atomic E-state index is 13.0. The summed E-state index contributed by atoms with van der Waals surface area (Å²) in [5, 5.41) is 13.1. The Balaban J connectivity index is 0.00000243. The average Bonchev–Trinajstić information content (AvgIpc) is 3.30. The van der Waals surface area contributed by atoms with Crippen LogP contribution in [-0.2, 0) is 13.0 Å². The van der Waals surface area contributed by atoms with Gasteiger partial charge in [-0.15, -0.1) is 35.3 Å². The van der Waals surface area contributed by atoms with E-state index in [-0.39, 0.29) is 29.8 Å². The van der Waals surface area contributed by atoms with Gasteiger partial charge >= 0.3 is 0 Å². The Morgan fingerprint density at radius 2 is 2.00 bits per heavy atom. The number of thiophene rings is 1. The fraction of sp³-hybridized carbons (Fsp3) is 0.222. The van der Waals surface area contributed by atoms with Crippen molar-refractivity contribution >= 4 is 41.3 Å². The smallest absolute Gasteiger partial charge is 0.191 e. The highest BCUT2D eigenvalue weighted by molar-refractivity contribution is 14.0. The van der Waals surface area contributed by atoms with Gasteiger partial charge in [-0.05, 0) is 41.8 Å². The summed E-state index contributed by atoms with van der Waals surface area (Å²) < 4.78 is 14.7. The molecule has 0 radical (unpaired) electrons. The number of hydrogen-bond acceptors (Lipinski definition) is 3. The lowest BCUT2D eigenvalue weighted by atomic mass is 10.3. The van der Waals surface area contributed by atoms with Crippen molar-refractivity contribution in [2.24, 2.45) is 4.99 Å². The number of aromatic nitrogens is 2. The molecule has 0 saturated heterocycles. The summed E-state index contributed by atoms with van der Waals surface area (Å²) in [4.78, 5) is 5.48. The second-order valence-corrected chi connectivity index (χ2v) is 6.44. The van der Waals surface area contributed by atoms with E-state index in [4.69, 9.17) is 0 Å². The van der Waals surface area contributed by atoms with Crippen molar-refractivity contribution in [3.05, 3.63) is 70.4 Å². The Hall–Kier alpha value is -1.94. The number of benzene rings is 1. The molecular weight excluding hydrogens is 464 g/mol. The van der Waals surface area contributed by atoms with E-state index in [2.05, 4.69) is 32.2 Å². The van der Waals surface area contributed by atoms with Crippen LogP contribution in [0.2, 0.25) is 0 Å². The van der Waals surface area contributed by atoms with Gasteiger partial charge in [-0.3, -0.25) is 4.99 Å². The first-order valence-electron chi connectivity index (χ1n) is 8.02. The third-order valence-corrected chi connectivity index (χ3v) is 4.52. The molecule has 0 bridgehead atoms. The number of rotatable bonds is 6. The first-order valence-corrected chi connectivity index (χ1v) is 8.90. The lowest BCUT2D eigenvalue weighted by Crippen LogP contribution is -2.37. The summed E-state index contributed by atoms with van der Waals surface area (Å²) >= 11 is 1.72. The summed E-state index contributed by atoms with van der Waals surface area (Å²) in [7, 11) is 1.76. The van der Waals surface area contributed by atoms with Gasteiger partial charge in [0.2, 0.25) is 0 Å². The van der Waals surface area contributed by atoms with Crippen LogP contribution in [0.1, 0.15) is 10.6 Å². The second-order valence-electron chi connectivity index (χ2n) is 5.41. The maximum atomic E-state index is 13.0. The molecule has 8 heteroatoms. The van der Waals surface area contributed by atoms with Crippen molar-refractivity contribution in [1.82, 2.24) is 20.4 Å². The fourth-order valence-electron chi connectivity index (χ4n) is 2.35. The molecule has 0 aliphatic heterocycles. The Morgan fingerprint density at radius 3 is 2.69 bits per heavy atom. The molecule has 0 saturated carbocycles. The molecule has 2 aromatic heterocycles. The number of guanidine groups is 1. The highest BCUT2D eigenvalue weighted by atomic mass is 127. The zero-order chi connectivity index (χ0) is 17.5. The second kappa shape index (κ2) is 10.3. The van der Waals surface area contributed by atoms with E-state index >= 15 is 0 Å². The molecule has 138 valence electrons. The van der Waals surface area contributed by atoms with Crippen LogP contribution in [-0.4, -0.2) is 29.3 Å². The van der Waals surface area contributed by atoms with Crippen LogP contribution in [0.5, 0.6) is 0 Å². The van der Waals surface area contributed by atoms with E-state index in [1.165, 1.54) is 17.0 Å². The van der Waals surface area contributed by atoms with E-state index < -0.39 is 0 Å². The molecule has 0 atom stereocenters. The van der Waals surface area contributed by atoms with Crippen molar-refractivity contribution in [2.75, 3.05) is 13.6 Å². The van der Waals surface area contributed by atoms with E-state index in [1.54, 1.807) is 35.2 Å². The van der Waals surface area contributed by atoms with Crippen molar-refractivity contribution in [1.29, 1.82) is 0 Å². The molecule has 3 aromatic rings. The van der Waals surface area contributed by atoms with Crippen LogP contribution < -0.4 is 10.6 Å². The molecule has 0 spiro atoms. The predicted molar refractivity (Wildman–Crippen MR) is 115 cm³/mol. The summed E-state index contributed by atoms with van der Waals surface area (Å²) in [6, 6.07) is 12.4. The molecule has 5 nitrogen and oxygen atoms in total. The topological polar surface area (TPSA) is 54.2 Å². The number of nitrogens with one attached hydrogen (secondary N) is 2. The molecule has 0 aliphatic rings. The Kier molecular flexibility index (Phi) is 8.05. The van der Waals surface area contributed by atoms with Gasteiger partial charge in [0.1, 0.15) is 5.82 Å². The zero-order valence-electron chi connectivity index (χ0n) is 14.4. The minimum Gasteiger partial charge on any atom is -0.356 e. The van der Waals surface area contributed by atoms with Crippen LogP contribution in [0.25, 0.3) is 5.69 Å². The SMILES string of the molecule is CN=C(NCCc1ccn(-c2ccc(F)cc2)n1)NCc1cccs1.I. The van der Waals surface area contributed by atoms with Crippen molar-refractivity contribution in [3.8, 4) is 5.69 Å². The van der Waals surface area contributed by atoms with E-state index in [0.717, 1.165) is 36.9 Å². The normalized spacial score (nSPS) is 11.1. The van der Waals surface area contributed by atoms with Crippen LogP contribution in [0.4, 0.5) is 4.39 Å². The van der Waals surface area contributed by atoms with Gasteiger partial charge in [-0.25, -0.2) is 9.07 Å². The summed E-state index contributed by atoms with van der Waals surface area (Å²) in [6.07, 6.45) is 2.65. The highest BCUT2D eigenvalue weighted by Gasteiger charge is 2.03. The van der Waals surface area contributed by atoms with E-state index in [1.807, 2.05) is 18.3 Å². The molecule has 2 N–H and O–H groups in total. The van der Waals surface area contributed by atoms with Crippen LogP contribution in [0.15, 0.2) is 59.0 Å². The lowest BCUT2D eigenvalue weighted by Gasteiger charge is -2.10. The molecular formula is C18H21FIN5S. The standard InChI is InChI=1S/C18H20FN5S.HI/c1-20-18(22-13-17-3-2-12-25-17)21-10-8-15-9-11-24(23-15)16-6-4-14(19)5-7-16;/h2-7,9,11-12H,8,10,13H2,1H3,(H2,20,21,22);1H. The molecule has 26 heavy (non-hydrogen) atoms. The third-order valence-electron chi connectivity index (χ3n) is 3.64. The van der Waals surface area contributed by atoms with Gasteiger partial charge in [0.05, 0.1) is 17.9 Å². The van der Waals surface area contributed by atoms with Gasteiger partial charge in [-0.1, -0.05) is 6.07 Å². The van der Waals surface area contributed by atoms with Crippen LogP contribution in [0, 0.1) is 5.82 Å². The molecule has 0 unspecified atom stereocenters. The van der Waals surface area contributed by atoms with Crippen molar-refractivity contribution in [2.45, 2.75) is 13.0 Å². The number of nitrogens with zero attached hydrogens (tertiary/aromatic N) is 3. The monoisotopic (exact) mass is 485 g/mol. The first kappa shape index (κ1) is 20.4. The Bertz CT molecular complexity index is 814. The van der Waals surface area contributed by atoms with Crippen molar-refractivity contribution < 1.29 is 4.39 Å². The van der Waals surface area contributed by atoms with Gasteiger partial charge in [0.15, 0.2) is 5.96 Å². The largest absolute Gasteiger partial charge is 0.356 e. The zero-order valence-corrected chi connectivity index (χ0v) is 17.5. The Labute approximate surface area is 173 Å². The summed E-state index contributed by atoms with van der Waals surface area (Å²) in [5.41, 5.74) is 1.81. The Morgan fingerprint density at radius 1 is 1.19 bits per heavy atom. The van der Waals surface area contributed by atoms with Gasteiger partial charge in [-0.2, -0.15) is 5.10 Å². The van der Waals surface area contributed by atoms with Gasteiger partial charge < -0.3 is 10.6 Å². The van der Waals surface area contributed by atoms with E-state index in [0.29, 0.717) is 0 Å². The molecule has 0 aliphatic carbocycles. The molecule has 1 aromatic carbocycles. The molecule has 2 heterocycles. The van der Waals surface area contributed by atoms with Gasteiger partial charge in [0, 0.05) is 31.1 Å². The summed E-state index contributed by atoms with van der Waals surface area (Å²) in [6.45, 7) is 1.49. The average molecular weight is 485 g/mol. The van der Waals surface area contributed by atoms with Crippen LogP contribution in [0.3, 0.4) is 0 Å². The number of hydrogen-bond donors (Lipinski definition) is 2. The maximum Gasteiger partial charge on any atom is 0.191 e. The number of halogens is 2. The fourth-order valence-corrected chi connectivity index (χ4v) is 2.99. The molecule has 0 amide bonds. The predicted octanol–water partition coefficient (Wildman–Crippen LogP) is 3.60. The van der Waals surface area contributed by atoms with Crippen LogP contribution >= 0.6 is 35.3 Å². The third kappa shape index (κ3) is 5.80. The van der Waals surface area contributed by atoms with E-state index in [9.17, 15) is 4.39 Å². The molecule has 0 fully saturated rings. The van der Waals surface area contributed by atoms with Gasteiger partial charge in [0.25, 0.3) is 0 Å². The first-order chi connectivity index (χ1) is 12.2. The molecule has 3 rings (SSSR count). The lowest BCUT2D eigenvalue weighted by molar-refractivity contribution is 0.627. The number of aliphatic imine (C=N–C) groups is 1. The van der Waals surface area contributed by atoms with Crippen molar-refractivity contribution in [3.63, 3.8) is 0 Å². The quantitative estimate of drug-likeness (QED) is 0.319.